The quantitative estimate of drug-likeness (QED) is 0.727. The van der Waals surface area contributed by atoms with Crippen LogP contribution in [0.5, 0.6) is 0 Å². The standard InChI is InChI=1S/C10H18N4O/c1-3-9(11)4-10(15)12-5-8-6-13-14(2)7-8/h6-7,9H,3-5,11H2,1-2H3,(H,12,15). The zero-order valence-electron chi connectivity index (χ0n) is 9.23. The van der Waals surface area contributed by atoms with Crippen LogP contribution in [0.4, 0.5) is 0 Å². The predicted molar refractivity (Wildman–Crippen MR) is 57.9 cm³/mol. The van der Waals surface area contributed by atoms with E-state index in [0.717, 1.165) is 12.0 Å². The number of aryl methyl sites for hydroxylation is 1. The number of nitrogens with one attached hydrogen (secondary N) is 1. The summed E-state index contributed by atoms with van der Waals surface area (Å²) in [5.74, 6) is -0.00629. The summed E-state index contributed by atoms with van der Waals surface area (Å²) in [6.07, 6.45) is 4.82. The fourth-order valence-electron chi connectivity index (χ4n) is 1.22. The van der Waals surface area contributed by atoms with Crippen LogP contribution in [0.2, 0.25) is 0 Å². The van der Waals surface area contributed by atoms with Crippen LogP contribution >= 0.6 is 0 Å². The molecule has 84 valence electrons. The summed E-state index contributed by atoms with van der Waals surface area (Å²) >= 11 is 0. The lowest BCUT2D eigenvalue weighted by molar-refractivity contribution is -0.121. The Bertz CT molecular complexity index is 321. The molecule has 0 aliphatic carbocycles. The molecular formula is C10H18N4O. The Hall–Kier alpha value is -1.36. The summed E-state index contributed by atoms with van der Waals surface area (Å²) in [6, 6.07) is -0.0427. The lowest BCUT2D eigenvalue weighted by Gasteiger charge is -2.08. The van der Waals surface area contributed by atoms with Gasteiger partial charge in [0.1, 0.15) is 0 Å². The molecule has 1 aromatic heterocycles. The van der Waals surface area contributed by atoms with E-state index in [2.05, 4.69) is 10.4 Å². The number of nitrogens with zero attached hydrogens (tertiary/aromatic N) is 2. The highest BCUT2D eigenvalue weighted by Crippen LogP contribution is 1.97. The molecule has 5 heteroatoms. The zero-order valence-corrected chi connectivity index (χ0v) is 9.23. The molecule has 5 nitrogen and oxygen atoms in total. The average Bonchev–Trinajstić information content (AvgIpc) is 2.61. The van der Waals surface area contributed by atoms with Crippen molar-refractivity contribution in [2.75, 3.05) is 0 Å². The van der Waals surface area contributed by atoms with Gasteiger partial charge in [-0.15, -0.1) is 0 Å². The van der Waals surface area contributed by atoms with Gasteiger partial charge in [0.2, 0.25) is 5.91 Å². The van der Waals surface area contributed by atoms with Crippen molar-refractivity contribution < 1.29 is 4.79 Å². The minimum absolute atomic E-state index is 0.00629. The second-order valence-electron chi connectivity index (χ2n) is 3.67. The first-order chi connectivity index (χ1) is 7.11. The molecule has 1 heterocycles. The molecule has 0 saturated heterocycles. The van der Waals surface area contributed by atoms with Crippen LogP contribution in [0.15, 0.2) is 12.4 Å². The Morgan fingerprint density at radius 3 is 3.00 bits per heavy atom. The number of amides is 1. The molecule has 0 aliphatic rings. The van der Waals surface area contributed by atoms with E-state index in [0.29, 0.717) is 13.0 Å². The smallest absolute Gasteiger partial charge is 0.221 e. The number of hydrogen-bond acceptors (Lipinski definition) is 3. The largest absolute Gasteiger partial charge is 0.352 e. The van der Waals surface area contributed by atoms with Crippen LogP contribution in [-0.4, -0.2) is 21.7 Å². The van der Waals surface area contributed by atoms with E-state index in [1.807, 2.05) is 20.2 Å². The maximum absolute atomic E-state index is 11.4. The Kier molecular flexibility index (Phi) is 4.30. The van der Waals surface area contributed by atoms with Gasteiger partial charge < -0.3 is 11.1 Å². The van der Waals surface area contributed by atoms with Crippen LogP contribution < -0.4 is 11.1 Å². The molecule has 15 heavy (non-hydrogen) atoms. The molecule has 0 aromatic carbocycles. The molecule has 1 amide bonds. The molecule has 0 aliphatic heterocycles. The Morgan fingerprint density at radius 1 is 1.73 bits per heavy atom. The van der Waals surface area contributed by atoms with E-state index < -0.39 is 0 Å². The van der Waals surface area contributed by atoms with Crippen molar-refractivity contribution in [1.29, 1.82) is 0 Å². The molecule has 0 bridgehead atoms. The van der Waals surface area contributed by atoms with Gasteiger partial charge in [-0.1, -0.05) is 6.92 Å². The zero-order chi connectivity index (χ0) is 11.3. The van der Waals surface area contributed by atoms with E-state index in [4.69, 9.17) is 5.73 Å². The van der Waals surface area contributed by atoms with Crippen LogP contribution in [0.1, 0.15) is 25.3 Å². The highest BCUT2D eigenvalue weighted by Gasteiger charge is 2.07. The number of rotatable bonds is 5. The molecule has 1 unspecified atom stereocenters. The molecule has 1 atom stereocenters. The van der Waals surface area contributed by atoms with Crippen molar-refractivity contribution in [2.45, 2.75) is 32.4 Å². The summed E-state index contributed by atoms with van der Waals surface area (Å²) in [5.41, 5.74) is 6.67. The van der Waals surface area contributed by atoms with E-state index >= 15 is 0 Å². The molecule has 3 N–H and O–H groups in total. The maximum Gasteiger partial charge on any atom is 0.221 e. The number of carbonyl (C=O) groups excluding carboxylic acids is 1. The molecule has 0 fully saturated rings. The summed E-state index contributed by atoms with van der Waals surface area (Å²) in [4.78, 5) is 11.4. The van der Waals surface area contributed by atoms with E-state index in [1.165, 1.54) is 0 Å². The number of aromatic nitrogens is 2. The fourth-order valence-corrected chi connectivity index (χ4v) is 1.22. The first kappa shape index (κ1) is 11.7. The summed E-state index contributed by atoms with van der Waals surface area (Å²) < 4.78 is 1.71. The third kappa shape index (κ3) is 4.12. The van der Waals surface area contributed by atoms with Crippen molar-refractivity contribution in [3.8, 4) is 0 Å². The molecule has 0 saturated carbocycles. The van der Waals surface area contributed by atoms with Crippen LogP contribution in [0.3, 0.4) is 0 Å². The van der Waals surface area contributed by atoms with Gasteiger partial charge in [-0.2, -0.15) is 5.10 Å². The number of nitrogens with two attached hydrogens (primary N) is 1. The monoisotopic (exact) mass is 210 g/mol. The van der Waals surface area contributed by atoms with Crippen LogP contribution in [0, 0.1) is 0 Å². The maximum atomic E-state index is 11.4. The number of carbonyl (C=O) groups is 1. The summed E-state index contributed by atoms with van der Waals surface area (Å²) in [6.45, 7) is 2.49. The number of hydrogen-bond donors (Lipinski definition) is 2. The minimum atomic E-state index is -0.0427. The predicted octanol–water partition coefficient (Wildman–Crippen LogP) is 0.164. The average molecular weight is 210 g/mol. The van der Waals surface area contributed by atoms with Gasteiger partial charge >= 0.3 is 0 Å². The normalized spacial score (nSPS) is 12.5. The van der Waals surface area contributed by atoms with Gasteiger partial charge in [0.05, 0.1) is 6.20 Å². The van der Waals surface area contributed by atoms with Crippen molar-refractivity contribution in [3.63, 3.8) is 0 Å². The highest BCUT2D eigenvalue weighted by molar-refractivity contribution is 5.76. The van der Waals surface area contributed by atoms with Gasteiger partial charge in [-0.05, 0) is 6.42 Å². The van der Waals surface area contributed by atoms with Gasteiger partial charge in [0.15, 0.2) is 0 Å². The summed E-state index contributed by atoms with van der Waals surface area (Å²) in [5, 5.41) is 6.82. The van der Waals surface area contributed by atoms with Crippen molar-refractivity contribution in [3.05, 3.63) is 18.0 Å². The first-order valence-corrected chi connectivity index (χ1v) is 5.11. The van der Waals surface area contributed by atoms with Gasteiger partial charge in [-0.25, -0.2) is 0 Å². The van der Waals surface area contributed by atoms with E-state index in [1.54, 1.807) is 10.9 Å². The van der Waals surface area contributed by atoms with Gasteiger partial charge in [-0.3, -0.25) is 9.48 Å². The molecule has 1 aromatic rings. The van der Waals surface area contributed by atoms with Crippen molar-refractivity contribution in [1.82, 2.24) is 15.1 Å². The SMILES string of the molecule is CCC(N)CC(=O)NCc1cnn(C)c1. The third-order valence-electron chi connectivity index (χ3n) is 2.22. The fraction of sp³-hybridized carbons (Fsp3) is 0.600. The second kappa shape index (κ2) is 5.50. The van der Waals surface area contributed by atoms with Crippen LogP contribution in [0.25, 0.3) is 0 Å². The molecule has 1 rings (SSSR count). The highest BCUT2D eigenvalue weighted by atomic mass is 16.1. The molecule has 0 spiro atoms. The first-order valence-electron chi connectivity index (χ1n) is 5.11. The van der Waals surface area contributed by atoms with E-state index in [9.17, 15) is 4.79 Å². The van der Waals surface area contributed by atoms with E-state index in [-0.39, 0.29) is 11.9 Å². The van der Waals surface area contributed by atoms with Gasteiger partial charge in [0, 0.05) is 37.8 Å². The summed E-state index contributed by atoms with van der Waals surface area (Å²) in [7, 11) is 1.85. The van der Waals surface area contributed by atoms with Crippen LogP contribution in [-0.2, 0) is 18.4 Å². The Balaban J connectivity index is 2.28. The second-order valence-corrected chi connectivity index (χ2v) is 3.67. The molecular weight excluding hydrogens is 192 g/mol. The Morgan fingerprint density at radius 2 is 2.47 bits per heavy atom. The topological polar surface area (TPSA) is 72.9 Å². The lowest BCUT2D eigenvalue weighted by Crippen LogP contribution is -2.30. The molecule has 0 radical (unpaired) electrons. The van der Waals surface area contributed by atoms with Crippen molar-refractivity contribution >= 4 is 5.91 Å². The lowest BCUT2D eigenvalue weighted by atomic mass is 10.1. The Labute approximate surface area is 89.6 Å². The third-order valence-corrected chi connectivity index (χ3v) is 2.22. The van der Waals surface area contributed by atoms with Gasteiger partial charge in [0.25, 0.3) is 0 Å². The minimum Gasteiger partial charge on any atom is -0.352 e. The van der Waals surface area contributed by atoms with Crippen molar-refractivity contribution in [2.24, 2.45) is 12.8 Å².